The lowest BCUT2D eigenvalue weighted by Crippen LogP contribution is -2.31. The van der Waals surface area contributed by atoms with Crippen LogP contribution in [0.3, 0.4) is 0 Å². The lowest BCUT2D eigenvalue weighted by molar-refractivity contribution is 0.549. The topological polar surface area (TPSA) is 3.01 Å². The molecule has 1 rings (SSSR count). The Hall–Kier alpha value is -0.0831. The Morgan fingerprint density at radius 3 is 2.13 bits per heavy atom. The minimum Gasteiger partial charge on any atom is -0.301 e. The maximum atomic E-state index is 4.13. The first-order chi connectivity index (χ1) is 7.26. The molecule has 0 N–H and O–H groups in total. The van der Waals surface area contributed by atoms with Gasteiger partial charge in [-0.25, -0.2) is 0 Å². The maximum absolute atomic E-state index is 4.13. The smallest absolute Gasteiger partial charge is 0.0770 e. The summed E-state index contributed by atoms with van der Waals surface area (Å²) >= 11 is 0. The summed E-state index contributed by atoms with van der Waals surface area (Å²) in [6.07, 6.45) is 4.11. The van der Waals surface area contributed by atoms with E-state index in [0.717, 1.165) is 0 Å². The highest BCUT2D eigenvalue weighted by atomic mass is 28.3. The number of hydrogen-bond acceptors (Lipinski definition) is 1. The lowest BCUT2D eigenvalue weighted by atomic mass is 10.5. The number of nitrogens with zero attached hydrogens (tertiary/aromatic N) is 1. The zero-order valence-electron chi connectivity index (χ0n) is 10.6. The zero-order valence-corrected chi connectivity index (χ0v) is 11.6. The predicted molar refractivity (Wildman–Crippen MR) is 72.0 cm³/mol. The van der Waals surface area contributed by atoms with Crippen LogP contribution in [0.1, 0.15) is 33.1 Å². The van der Waals surface area contributed by atoms with Crippen molar-refractivity contribution in [1.82, 2.24) is 4.90 Å². The second-order valence-corrected chi connectivity index (χ2v) is 9.64. The van der Waals surface area contributed by atoms with Gasteiger partial charge in [0, 0.05) is 13.1 Å². The summed E-state index contributed by atoms with van der Waals surface area (Å²) in [5.41, 5.74) is 2.38. The average Bonchev–Trinajstić information content (AvgIpc) is 3.02. The second-order valence-electron chi connectivity index (χ2n) is 5.01. The SMILES string of the molecule is C=C[Si](CCC)(CCC)CCCN1CC1. The first kappa shape index (κ1) is 13.0. The molecule has 0 saturated carbocycles. The summed E-state index contributed by atoms with van der Waals surface area (Å²) in [6.45, 7) is 12.8. The molecule has 1 fully saturated rings. The molecule has 0 atom stereocenters. The predicted octanol–water partition coefficient (Wildman–Crippen LogP) is 3.69. The normalized spacial score (nSPS) is 16.7. The van der Waals surface area contributed by atoms with Gasteiger partial charge in [-0.1, -0.05) is 44.8 Å². The molecule has 0 bridgehead atoms. The third kappa shape index (κ3) is 4.52. The van der Waals surface area contributed by atoms with Gasteiger partial charge in [0.15, 0.2) is 0 Å². The van der Waals surface area contributed by atoms with Gasteiger partial charge in [-0.3, -0.25) is 0 Å². The van der Waals surface area contributed by atoms with E-state index < -0.39 is 8.07 Å². The van der Waals surface area contributed by atoms with Crippen LogP contribution in [0.15, 0.2) is 12.3 Å². The summed E-state index contributed by atoms with van der Waals surface area (Å²) in [5.74, 6) is 0. The van der Waals surface area contributed by atoms with E-state index in [4.69, 9.17) is 0 Å². The Morgan fingerprint density at radius 1 is 1.13 bits per heavy atom. The van der Waals surface area contributed by atoms with Crippen LogP contribution in [-0.4, -0.2) is 32.6 Å². The van der Waals surface area contributed by atoms with Crippen molar-refractivity contribution in [2.75, 3.05) is 19.6 Å². The van der Waals surface area contributed by atoms with Crippen molar-refractivity contribution < 1.29 is 0 Å². The van der Waals surface area contributed by atoms with E-state index in [-0.39, 0.29) is 0 Å². The molecule has 0 radical (unpaired) electrons. The molecule has 0 amide bonds. The second kappa shape index (κ2) is 6.49. The van der Waals surface area contributed by atoms with Gasteiger partial charge in [-0.15, -0.1) is 12.3 Å². The van der Waals surface area contributed by atoms with Crippen LogP contribution in [0.25, 0.3) is 0 Å². The van der Waals surface area contributed by atoms with E-state index in [1.54, 1.807) is 0 Å². The maximum Gasteiger partial charge on any atom is 0.0770 e. The van der Waals surface area contributed by atoms with Crippen molar-refractivity contribution in [3.8, 4) is 0 Å². The molecule has 0 unspecified atom stereocenters. The summed E-state index contributed by atoms with van der Waals surface area (Å²) in [5, 5.41) is 0. The summed E-state index contributed by atoms with van der Waals surface area (Å²) < 4.78 is 0. The van der Waals surface area contributed by atoms with E-state index in [0.29, 0.717) is 0 Å². The van der Waals surface area contributed by atoms with E-state index >= 15 is 0 Å². The first-order valence-electron chi connectivity index (χ1n) is 6.62. The van der Waals surface area contributed by atoms with Crippen LogP contribution in [0.4, 0.5) is 0 Å². The van der Waals surface area contributed by atoms with Crippen molar-refractivity contribution >= 4 is 8.07 Å². The van der Waals surface area contributed by atoms with Crippen molar-refractivity contribution in [3.05, 3.63) is 12.3 Å². The van der Waals surface area contributed by atoms with Crippen LogP contribution >= 0.6 is 0 Å². The van der Waals surface area contributed by atoms with Crippen molar-refractivity contribution in [2.45, 2.75) is 51.2 Å². The van der Waals surface area contributed by atoms with Gasteiger partial charge in [0.05, 0.1) is 8.07 Å². The molecule has 1 aliphatic heterocycles. The number of rotatable bonds is 9. The van der Waals surface area contributed by atoms with Gasteiger partial charge in [0.1, 0.15) is 0 Å². The van der Waals surface area contributed by atoms with Crippen molar-refractivity contribution in [3.63, 3.8) is 0 Å². The molecular weight excluding hydrogens is 198 g/mol. The Bertz CT molecular complexity index is 181. The summed E-state index contributed by atoms with van der Waals surface area (Å²) in [7, 11) is -1.07. The van der Waals surface area contributed by atoms with E-state index in [9.17, 15) is 0 Å². The molecule has 0 aromatic heterocycles. The highest BCUT2D eigenvalue weighted by Crippen LogP contribution is 2.27. The fourth-order valence-electron chi connectivity index (χ4n) is 2.63. The van der Waals surface area contributed by atoms with Crippen LogP contribution < -0.4 is 0 Å². The molecule has 2 heteroatoms. The average molecular weight is 225 g/mol. The quantitative estimate of drug-likeness (QED) is 0.427. The zero-order chi connectivity index (χ0) is 11.1. The molecule has 1 heterocycles. The van der Waals surface area contributed by atoms with Crippen LogP contribution in [0.5, 0.6) is 0 Å². The highest BCUT2D eigenvalue weighted by Gasteiger charge is 2.27. The van der Waals surface area contributed by atoms with E-state index in [1.807, 2.05) is 0 Å². The fourth-order valence-corrected chi connectivity index (χ4v) is 6.84. The standard InChI is InChI=1S/C13H27NSi/c1-4-11-15(6-3,12-5-2)13-7-8-14-9-10-14/h6H,3-5,7-13H2,1-2H3. The Kier molecular flexibility index (Phi) is 5.62. The van der Waals surface area contributed by atoms with Crippen LogP contribution in [0.2, 0.25) is 18.1 Å². The minimum absolute atomic E-state index is 1.07. The Balaban J connectivity index is 2.33. The summed E-state index contributed by atoms with van der Waals surface area (Å²) in [6, 6.07) is 4.41. The molecular formula is C13H27NSi. The van der Waals surface area contributed by atoms with Gasteiger partial charge in [-0.05, 0) is 13.0 Å². The van der Waals surface area contributed by atoms with Crippen LogP contribution in [0, 0.1) is 0 Å². The van der Waals surface area contributed by atoms with Gasteiger partial charge >= 0.3 is 0 Å². The monoisotopic (exact) mass is 225 g/mol. The largest absolute Gasteiger partial charge is 0.301 e. The molecule has 0 aromatic carbocycles. The van der Waals surface area contributed by atoms with Crippen molar-refractivity contribution in [1.29, 1.82) is 0 Å². The van der Waals surface area contributed by atoms with Gasteiger partial charge in [0.2, 0.25) is 0 Å². The molecule has 0 aliphatic carbocycles. The van der Waals surface area contributed by atoms with E-state index in [2.05, 4.69) is 31.0 Å². The molecule has 1 aliphatic rings. The van der Waals surface area contributed by atoms with Gasteiger partial charge < -0.3 is 4.90 Å². The van der Waals surface area contributed by atoms with Crippen molar-refractivity contribution in [2.24, 2.45) is 0 Å². The molecule has 1 saturated heterocycles. The Morgan fingerprint density at radius 2 is 1.73 bits per heavy atom. The molecule has 0 aromatic rings. The molecule has 0 spiro atoms. The minimum atomic E-state index is -1.07. The Labute approximate surface area is 96.6 Å². The number of hydrogen-bond donors (Lipinski definition) is 0. The highest BCUT2D eigenvalue weighted by molar-refractivity contribution is 6.84. The van der Waals surface area contributed by atoms with Crippen LogP contribution in [-0.2, 0) is 0 Å². The molecule has 1 nitrogen and oxygen atoms in total. The summed E-state index contributed by atoms with van der Waals surface area (Å²) in [4.78, 5) is 2.54. The third-order valence-corrected chi connectivity index (χ3v) is 8.82. The molecule has 15 heavy (non-hydrogen) atoms. The third-order valence-electron chi connectivity index (χ3n) is 3.62. The molecule has 88 valence electrons. The van der Waals surface area contributed by atoms with Gasteiger partial charge in [-0.2, -0.15) is 0 Å². The first-order valence-corrected chi connectivity index (χ1v) is 9.32. The van der Waals surface area contributed by atoms with Gasteiger partial charge in [0.25, 0.3) is 0 Å². The van der Waals surface area contributed by atoms with E-state index in [1.165, 1.54) is 57.0 Å². The lowest BCUT2D eigenvalue weighted by Gasteiger charge is -2.27. The fraction of sp³-hybridized carbons (Fsp3) is 0.846.